The Morgan fingerprint density at radius 3 is 2.30 bits per heavy atom. The lowest BCUT2D eigenvalue weighted by atomic mass is 9.81. The van der Waals surface area contributed by atoms with E-state index >= 15 is 0 Å². The van der Waals surface area contributed by atoms with Crippen LogP contribution in [0, 0.1) is 5.41 Å². The van der Waals surface area contributed by atoms with Crippen molar-refractivity contribution in [2.75, 3.05) is 69.7 Å². The smallest absolute Gasteiger partial charge is 0.200 e. The molecule has 2 aromatic rings. The number of benzene rings is 2. The molecule has 2 aromatic carbocycles. The summed E-state index contributed by atoms with van der Waals surface area (Å²) >= 11 is 0. The molecule has 9 nitrogen and oxygen atoms in total. The van der Waals surface area contributed by atoms with Crippen LogP contribution in [0.4, 0.5) is 11.4 Å². The van der Waals surface area contributed by atoms with E-state index in [-0.39, 0.29) is 36.0 Å². The number of carbonyl (C=O) groups excluding carboxylic acids is 1. The van der Waals surface area contributed by atoms with Crippen molar-refractivity contribution in [2.24, 2.45) is 0 Å². The normalized spacial score (nSPS) is 12.6. The zero-order chi connectivity index (χ0) is 23.8. The van der Waals surface area contributed by atoms with E-state index in [0.29, 0.717) is 67.3 Å². The minimum absolute atomic E-state index is 0.0508. The third kappa shape index (κ3) is 5.51. The highest BCUT2D eigenvalue weighted by Crippen LogP contribution is 2.39. The molecule has 0 fully saturated rings. The first kappa shape index (κ1) is 24.7. The van der Waals surface area contributed by atoms with Gasteiger partial charge >= 0.3 is 0 Å². The minimum Gasteiger partial charge on any atom is -0.507 e. The molecule has 0 radical (unpaired) electrons. The van der Waals surface area contributed by atoms with E-state index in [2.05, 4.69) is 20.9 Å². The third-order valence-electron chi connectivity index (χ3n) is 5.73. The molecule has 178 valence electrons. The number of carbonyl (C=O) groups is 1. The highest BCUT2D eigenvalue weighted by molar-refractivity contribution is 6.33. The molecule has 0 heterocycles. The molecule has 33 heavy (non-hydrogen) atoms. The molecule has 1 aliphatic carbocycles. The highest BCUT2D eigenvalue weighted by atomic mass is 16.3. The molecule has 0 unspecified atom stereocenters. The zero-order valence-electron chi connectivity index (χ0n) is 18.9. The molecule has 9 heteroatoms. The number of anilines is 2. The van der Waals surface area contributed by atoms with Crippen molar-refractivity contribution in [1.29, 1.82) is 5.41 Å². The van der Waals surface area contributed by atoms with Crippen LogP contribution in [-0.4, -0.2) is 90.7 Å². The summed E-state index contributed by atoms with van der Waals surface area (Å²) < 4.78 is 0. The lowest BCUT2D eigenvalue weighted by Gasteiger charge is -2.26. The number of hydrogen-bond donors (Lipinski definition) is 7. The standard InChI is InChI=1S/C24H33N5O4/c1-2-29(13-15-31)12-10-28-17-6-7-18(27-9-8-26-11-14-30)22-21(17)23(25)16-4-3-5-19(32)20(16)24(22)33/h3-7,25-28,30-32H,2,8-15H2,1H3. The van der Waals surface area contributed by atoms with Gasteiger partial charge in [-0.05, 0) is 24.7 Å². The number of rotatable bonds is 13. The number of phenolic OH excluding ortho intramolecular Hbond substituents is 1. The van der Waals surface area contributed by atoms with Gasteiger partial charge in [0, 0.05) is 61.8 Å². The number of likely N-dealkylation sites (N-methyl/N-ethyl adjacent to an activating group) is 1. The van der Waals surface area contributed by atoms with E-state index in [4.69, 9.17) is 10.5 Å². The van der Waals surface area contributed by atoms with Crippen LogP contribution in [0.2, 0.25) is 0 Å². The molecule has 0 spiro atoms. The first-order chi connectivity index (χ1) is 16.0. The second kappa shape index (κ2) is 11.8. The largest absolute Gasteiger partial charge is 0.507 e. The summed E-state index contributed by atoms with van der Waals surface area (Å²) in [6.07, 6.45) is 0. The summed E-state index contributed by atoms with van der Waals surface area (Å²) in [5, 5.41) is 47.0. The maximum Gasteiger partial charge on any atom is 0.200 e. The van der Waals surface area contributed by atoms with Gasteiger partial charge in [-0.15, -0.1) is 0 Å². The molecule has 0 saturated heterocycles. The minimum atomic E-state index is -0.320. The van der Waals surface area contributed by atoms with Crippen LogP contribution >= 0.6 is 0 Å². The van der Waals surface area contributed by atoms with E-state index in [1.54, 1.807) is 12.1 Å². The predicted molar refractivity (Wildman–Crippen MR) is 130 cm³/mol. The summed E-state index contributed by atoms with van der Waals surface area (Å²) in [7, 11) is 0. The van der Waals surface area contributed by atoms with Gasteiger partial charge in [0.05, 0.1) is 30.1 Å². The number of hydrogen-bond acceptors (Lipinski definition) is 9. The van der Waals surface area contributed by atoms with Crippen molar-refractivity contribution < 1.29 is 20.1 Å². The van der Waals surface area contributed by atoms with Crippen molar-refractivity contribution in [3.63, 3.8) is 0 Å². The summed E-state index contributed by atoms with van der Waals surface area (Å²) in [6, 6.07) is 8.45. The Labute approximate surface area is 194 Å². The lowest BCUT2D eigenvalue weighted by Crippen LogP contribution is -2.32. The first-order valence-electron chi connectivity index (χ1n) is 11.3. The predicted octanol–water partition coefficient (Wildman–Crippen LogP) is 1.07. The Hall–Kier alpha value is -2.98. The van der Waals surface area contributed by atoms with Crippen LogP contribution in [0.3, 0.4) is 0 Å². The molecular formula is C24H33N5O4. The van der Waals surface area contributed by atoms with Crippen molar-refractivity contribution in [3.05, 3.63) is 52.6 Å². The van der Waals surface area contributed by atoms with Crippen molar-refractivity contribution in [1.82, 2.24) is 10.2 Å². The zero-order valence-corrected chi connectivity index (χ0v) is 18.9. The van der Waals surface area contributed by atoms with E-state index in [1.165, 1.54) is 6.07 Å². The summed E-state index contributed by atoms with van der Waals surface area (Å²) in [6.45, 7) is 6.49. The number of aromatic hydroxyl groups is 1. The molecule has 0 aliphatic heterocycles. The Kier molecular flexibility index (Phi) is 8.79. The van der Waals surface area contributed by atoms with Crippen molar-refractivity contribution >= 4 is 22.9 Å². The number of aliphatic hydroxyl groups excluding tert-OH is 2. The second-order valence-electron chi connectivity index (χ2n) is 7.80. The van der Waals surface area contributed by atoms with Crippen molar-refractivity contribution in [3.8, 4) is 5.75 Å². The molecule has 0 aromatic heterocycles. The number of nitrogens with zero attached hydrogens (tertiary/aromatic N) is 1. The van der Waals surface area contributed by atoms with Gasteiger partial charge in [-0.25, -0.2) is 0 Å². The van der Waals surface area contributed by atoms with Crippen LogP contribution in [0.1, 0.15) is 34.0 Å². The van der Waals surface area contributed by atoms with Crippen LogP contribution < -0.4 is 16.0 Å². The summed E-state index contributed by atoms with van der Waals surface area (Å²) in [4.78, 5) is 15.6. The molecule has 0 amide bonds. The highest BCUT2D eigenvalue weighted by Gasteiger charge is 2.33. The van der Waals surface area contributed by atoms with Gasteiger partial charge in [0.25, 0.3) is 0 Å². The van der Waals surface area contributed by atoms with Gasteiger partial charge in [-0.3, -0.25) is 15.1 Å². The van der Waals surface area contributed by atoms with Gasteiger partial charge in [-0.1, -0.05) is 19.1 Å². The average molecular weight is 456 g/mol. The molecule has 0 atom stereocenters. The molecule has 0 bridgehead atoms. The number of fused-ring (bicyclic) bond motifs is 2. The van der Waals surface area contributed by atoms with Gasteiger partial charge in [0.1, 0.15) is 5.75 Å². The Morgan fingerprint density at radius 2 is 1.61 bits per heavy atom. The number of phenols is 1. The van der Waals surface area contributed by atoms with Gasteiger partial charge in [0.15, 0.2) is 5.78 Å². The number of ketones is 1. The van der Waals surface area contributed by atoms with Crippen molar-refractivity contribution in [2.45, 2.75) is 6.92 Å². The monoisotopic (exact) mass is 455 g/mol. The van der Waals surface area contributed by atoms with Gasteiger partial charge in [-0.2, -0.15) is 0 Å². The fourth-order valence-corrected chi connectivity index (χ4v) is 4.05. The van der Waals surface area contributed by atoms with E-state index in [1.807, 2.05) is 19.1 Å². The van der Waals surface area contributed by atoms with Gasteiger partial charge in [0.2, 0.25) is 0 Å². The summed E-state index contributed by atoms with van der Waals surface area (Å²) in [5.41, 5.74) is 2.89. The number of nitrogens with one attached hydrogen (secondary N) is 4. The fraction of sp³-hybridized carbons (Fsp3) is 0.417. The van der Waals surface area contributed by atoms with E-state index in [9.17, 15) is 15.0 Å². The molecule has 7 N–H and O–H groups in total. The quantitative estimate of drug-likeness (QED) is 0.190. The maximum atomic E-state index is 13.5. The molecule has 3 rings (SSSR count). The van der Waals surface area contributed by atoms with E-state index < -0.39 is 0 Å². The second-order valence-corrected chi connectivity index (χ2v) is 7.80. The average Bonchev–Trinajstić information content (AvgIpc) is 2.82. The SMILES string of the molecule is CCN(CCO)CCNc1ccc(NCCNCCO)c2c1C(=N)c1cccc(O)c1C2=O. The first-order valence-corrected chi connectivity index (χ1v) is 11.3. The van der Waals surface area contributed by atoms with Crippen LogP contribution in [0.15, 0.2) is 30.3 Å². The lowest BCUT2D eigenvalue weighted by molar-refractivity contribution is 0.103. The van der Waals surface area contributed by atoms with E-state index in [0.717, 1.165) is 6.54 Å². The Bertz CT molecular complexity index is 995. The van der Waals surface area contributed by atoms with Gasteiger partial charge < -0.3 is 31.3 Å². The molecular weight excluding hydrogens is 422 g/mol. The third-order valence-corrected chi connectivity index (χ3v) is 5.73. The maximum absolute atomic E-state index is 13.5. The summed E-state index contributed by atoms with van der Waals surface area (Å²) in [5.74, 6) is -0.455. The molecule has 1 aliphatic rings. The van der Waals surface area contributed by atoms with Crippen LogP contribution in [0.5, 0.6) is 5.75 Å². The molecule has 0 saturated carbocycles. The Balaban J connectivity index is 1.92. The van der Waals surface area contributed by atoms with Crippen LogP contribution in [-0.2, 0) is 0 Å². The topological polar surface area (TPSA) is 141 Å². The fourth-order valence-electron chi connectivity index (χ4n) is 4.05. The number of aliphatic hydroxyl groups is 2. The van der Waals surface area contributed by atoms with Crippen LogP contribution in [0.25, 0.3) is 0 Å². The Morgan fingerprint density at radius 1 is 0.879 bits per heavy atom.